The highest BCUT2D eigenvalue weighted by Gasteiger charge is 2.30. The fraction of sp³-hybridized carbons (Fsp3) is 0.259. The molecule has 0 heterocycles. The lowest BCUT2D eigenvalue weighted by molar-refractivity contribution is -0.142. The van der Waals surface area contributed by atoms with E-state index in [1.807, 2.05) is 92.7 Å². The Labute approximate surface area is 209 Å². The molecular weight excluding hydrogens is 527 g/mol. The number of benzene rings is 3. The van der Waals surface area contributed by atoms with E-state index in [1.165, 1.54) is 0 Å². The predicted octanol–water partition coefficient (Wildman–Crippen LogP) is 4.75. The van der Waals surface area contributed by atoms with Gasteiger partial charge in [-0.3, -0.25) is 9.59 Å². The van der Waals surface area contributed by atoms with E-state index in [9.17, 15) is 9.59 Å². The number of nitrogens with one attached hydrogen (secondary N) is 1. The number of rotatable bonds is 10. The summed E-state index contributed by atoms with van der Waals surface area (Å²) in [5.41, 5.74) is 3.07. The number of carbonyl (C=O) groups excluding carboxylic acids is 2. The summed E-state index contributed by atoms with van der Waals surface area (Å²) in [7, 11) is 0. The number of halogens is 1. The molecule has 0 aliphatic heterocycles. The zero-order valence-electron chi connectivity index (χ0n) is 19.0. The van der Waals surface area contributed by atoms with E-state index in [2.05, 4.69) is 27.9 Å². The van der Waals surface area contributed by atoms with Crippen molar-refractivity contribution in [2.24, 2.45) is 0 Å². The SMILES string of the molecule is CCNC(=O)C(Cc1ccccc1)N(Cc1cccc(C)c1)C(=O)COc1ccc(I)cc1. The smallest absolute Gasteiger partial charge is 0.261 e. The minimum absolute atomic E-state index is 0.142. The van der Waals surface area contributed by atoms with Gasteiger partial charge in [-0.15, -0.1) is 0 Å². The molecular formula is C27H29IN2O3. The molecule has 1 N–H and O–H groups in total. The normalized spacial score (nSPS) is 11.5. The minimum Gasteiger partial charge on any atom is -0.484 e. The zero-order valence-corrected chi connectivity index (χ0v) is 21.1. The van der Waals surface area contributed by atoms with E-state index in [1.54, 1.807) is 4.90 Å². The molecule has 0 aliphatic carbocycles. The van der Waals surface area contributed by atoms with Crippen LogP contribution in [0.2, 0.25) is 0 Å². The summed E-state index contributed by atoms with van der Waals surface area (Å²) in [4.78, 5) is 28.2. The number of carbonyl (C=O) groups is 2. The average molecular weight is 556 g/mol. The van der Waals surface area contributed by atoms with Crippen molar-refractivity contribution < 1.29 is 14.3 Å². The molecule has 172 valence electrons. The van der Waals surface area contributed by atoms with Gasteiger partial charge in [0, 0.05) is 23.1 Å². The van der Waals surface area contributed by atoms with Gasteiger partial charge in [-0.05, 0) is 71.8 Å². The zero-order chi connectivity index (χ0) is 23.6. The average Bonchev–Trinajstić information content (AvgIpc) is 2.81. The van der Waals surface area contributed by atoms with Crippen molar-refractivity contribution in [2.45, 2.75) is 32.9 Å². The molecule has 5 nitrogen and oxygen atoms in total. The highest BCUT2D eigenvalue weighted by Crippen LogP contribution is 2.17. The Balaban J connectivity index is 1.88. The molecule has 3 aromatic carbocycles. The number of amides is 2. The Hall–Kier alpha value is -2.87. The second kappa shape index (κ2) is 12.4. The molecule has 3 rings (SSSR count). The second-order valence-corrected chi connectivity index (χ2v) is 9.10. The van der Waals surface area contributed by atoms with Crippen LogP contribution >= 0.6 is 22.6 Å². The first kappa shape index (κ1) is 24.8. The third kappa shape index (κ3) is 7.60. The number of nitrogens with zero attached hydrogens (tertiary/aromatic N) is 1. The number of hydrogen-bond acceptors (Lipinski definition) is 3. The summed E-state index contributed by atoms with van der Waals surface area (Å²) in [6.07, 6.45) is 0.424. The van der Waals surface area contributed by atoms with Gasteiger partial charge in [0.2, 0.25) is 5.91 Å². The maximum absolute atomic E-state index is 13.4. The van der Waals surface area contributed by atoms with Crippen LogP contribution < -0.4 is 10.1 Å². The van der Waals surface area contributed by atoms with Crippen molar-refractivity contribution in [3.63, 3.8) is 0 Å². The monoisotopic (exact) mass is 556 g/mol. The van der Waals surface area contributed by atoms with Crippen molar-refractivity contribution in [1.82, 2.24) is 10.2 Å². The first-order valence-electron chi connectivity index (χ1n) is 11.0. The van der Waals surface area contributed by atoms with Gasteiger partial charge in [0.1, 0.15) is 11.8 Å². The summed E-state index contributed by atoms with van der Waals surface area (Å²) in [5.74, 6) is 0.218. The first-order valence-corrected chi connectivity index (χ1v) is 12.1. The number of hydrogen-bond donors (Lipinski definition) is 1. The van der Waals surface area contributed by atoms with Gasteiger partial charge >= 0.3 is 0 Å². The number of ether oxygens (including phenoxy) is 1. The molecule has 0 saturated carbocycles. The lowest BCUT2D eigenvalue weighted by Crippen LogP contribution is -2.51. The van der Waals surface area contributed by atoms with E-state index in [0.717, 1.165) is 20.3 Å². The standard InChI is InChI=1S/C27H29IN2O3/c1-3-29-27(32)25(17-21-9-5-4-6-10-21)30(18-22-11-7-8-20(2)16-22)26(31)19-33-24-14-12-23(28)13-15-24/h4-16,25H,3,17-19H2,1-2H3,(H,29,32). The fourth-order valence-electron chi connectivity index (χ4n) is 3.61. The molecule has 1 atom stereocenters. The van der Waals surface area contributed by atoms with Gasteiger partial charge in [0.25, 0.3) is 5.91 Å². The van der Waals surface area contributed by atoms with Crippen molar-refractivity contribution in [3.05, 3.63) is 99.1 Å². The quantitative estimate of drug-likeness (QED) is 0.367. The molecule has 0 fully saturated rings. The van der Waals surface area contributed by atoms with Crippen molar-refractivity contribution in [2.75, 3.05) is 13.2 Å². The predicted molar refractivity (Wildman–Crippen MR) is 139 cm³/mol. The molecule has 33 heavy (non-hydrogen) atoms. The van der Waals surface area contributed by atoms with Gasteiger partial charge in [-0.25, -0.2) is 0 Å². The Morgan fingerprint density at radius 1 is 0.970 bits per heavy atom. The van der Waals surface area contributed by atoms with Gasteiger partial charge in [0.05, 0.1) is 0 Å². The van der Waals surface area contributed by atoms with E-state index >= 15 is 0 Å². The van der Waals surface area contributed by atoms with Crippen LogP contribution in [0.1, 0.15) is 23.6 Å². The Morgan fingerprint density at radius 3 is 2.33 bits per heavy atom. The molecule has 6 heteroatoms. The van der Waals surface area contributed by atoms with Gasteiger partial charge in [0.15, 0.2) is 6.61 Å². The van der Waals surface area contributed by atoms with Crippen LogP contribution in [0.4, 0.5) is 0 Å². The summed E-state index contributed by atoms with van der Waals surface area (Å²) >= 11 is 2.22. The van der Waals surface area contributed by atoms with E-state index in [-0.39, 0.29) is 18.4 Å². The highest BCUT2D eigenvalue weighted by molar-refractivity contribution is 14.1. The van der Waals surface area contributed by atoms with Crippen LogP contribution in [0, 0.1) is 10.5 Å². The van der Waals surface area contributed by atoms with Crippen LogP contribution in [0.25, 0.3) is 0 Å². The lowest BCUT2D eigenvalue weighted by Gasteiger charge is -2.31. The molecule has 2 amide bonds. The topological polar surface area (TPSA) is 58.6 Å². The van der Waals surface area contributed by atoms with Crippen molar-refractivity contribution in [1.29, 1.82) is 0 Å². The minimum atomic E-state index is -0.652. The van der Waals surface area contributed by atoms with E-state index in [0.29, 0.717) is 25.3 Å². The Bertz CT molecular complexity index is 1050. The molecule has 0 bridgehead atoms. The Morgan fingerprint density at radius 2 is 1.67 bits per heavy atom. The van der Waals surface area contributed by atoms with Crippen molar-refractivity contribution in [3.8, 4) is 5.75 Å². The number of aryl methyl sites for hydroxylation is 1. The first-order chi connectivity index (χ1) is 16.0. The van der Waals surface area contributed by atoms with Gasteiger partial charge < -0.3 is 15.0 Å². The summed E-state index contributed by atoms with van der Waals surface area (Å²) < 4.78 is 6.87. The molecule has 0 saturated heterocycles. The lowest BCUT2D eigenvalue weighted by atomic mass is 10.0. The molecule has 0 aliphatic rings. The molecule has 0 radical (unpaired) electrons. The maximum Gasteiger partial charge on any atom is 0.261 e. The van der Waals surface area contributed by atoms with Crippen LogP contribution in [0.5, 0.6) is 5.75 Å². The summed E-state index contributed by atoms with van der Waals surface area (Å²) in [6.45, 7) is 4.57. The van der Waals surface area contributed by atoms with E-state index in [4.69, 9.17) is 4.74 Å². The van der Waals surface area contributed by atoms with Crippen molar-refractivity contribution >= 4 is 34.4 Å². The third-order valence-electron chi connectivity index (χ3n) is 5.23. The third-order valence-corrected chi connectivity index (χ3v) is 5.95. The van der Waals surface area contributed by atoms with Crippen LogP contribution in [-0.2, 0) is 22.6 Å². The van der Waals surface area contributed by atoms with E-state index < -0.39 is 6.04 Å². The number of likely N-dealkylation sites (N-methyl/N-ethyl adjacent to an activating group) is 1. The summed E-state index contributed by atoms with van der Waals surface area (Å²) in [5, 5.41) is 2.90. The molecule has 3 aromatic rings. The van der Waals surface area contributed by atoms with Crippen LogP contribution in [-0.4, -0.2) is 35.9 Å². The Kier molecular flexibility index (Phi) is 9.30. The molecule has 0 aromatic heterocycles. The maximum atomic E-state index is 13.4. The largest absolute Gasteiger partial charge is 0.484 e. The van der Waals surface area contributed by atoms with Crippen LogP contribution in [0.15, 0.2) is 78.9 Å². The highest BCUT2D eigenvalue weighted by atomic mass is 127. The molecule has 1 unspecified atom stereocenters. The second-order valence-electron chi connectivity index (χ2n) is 7.85. The van der Waals surface area contributed by atoms with Gasteiger partial charge in [-0.1, -0.05) is 60.2 Å². The van der Waals surface area contributed by atoms with Gasteiger partial charge in [-0.2, -0.15) is 0 Å². The fourth-order valence-corrected chi connectivity index (χ4v) is 3.97. The molecule has 0 spiro atoms. The summed E-state index contributed by atoms with van der Waals surface area (Å²) in [6, 6.07) is 24.7. The van der Waals surface area contributed by atoms with Crippen LogP contribution in [0.3, 0.4) is 0 Å².